The maximum atomic E-state index is 12.6. The van der Waals surface area contributed by atoms with Crippen LogP contribution >= 0.6 is 11.8 Å². The number of carbonyl (C=O) groups is 1. The number of benzene rings is 1. The summed E-state index contributed by atoms with van der Waals surface area (Å²) in [6.07, 6.45) is 3.83. The molecule has 0 atom stereocenters. The van der Waals surface area contributed by atoms with Gasteiger partial charge in [-0.05, 0) is 30.5 Å². The van der Waals surface area contributed by atoms with E-state index in [1.807, 2.05) is 40.8 Å². The highest BCUT2D eigenvalue weighted by Crippen LogP contribution is 2.30. The highest BCUT2D eigenvalue weighted by atomic mass is 32.2. The average molecular weight is 332 g/mol. The van der Waals surface area contributed by atoms with Gasteiger partial charge in [0.25, 0.3) is 0 Å². The molecule has 1 aromatic carbocycles. The molecule has 0 saturated heterocycles. The monoisotopic (exact) mass is 332 g/mol. The Morgan fingerprint density at radius 1 is 1.39 bits per heavy atom. The van der Waals surface area contributed by atoms with Crippen molar-refractivity contribution >= 4 is 17.7 Å². The van der Waals surface area contributed by atoms with E-state index in [2.05, 4.69) is 10.2 Å². The Morgan fingerprint density at radius 3 is 2.70 bits per heavy atom. The maximum Gasteiger partial charge on any atom is 0.233 e. The number of aryl methyl sites for hydroxylation is 1. The number of aromatic nitrogens is 3. The zero-order chi connectivity index (χ0) is 16.2. The smallest absolute Gasteiger partial charge is 0.233 e. The third-order valence-electron chi connectivity index (χ3n) is 3.81. The minimum Gasteiger partial charge on any atom is -0.497 e. The Kier molecular flexibility index (Phi) is 4.85. The zero-order valence-corrected chi connectivity index (χ0v) is 14.1. The van der Waals surface area contributed by atoms with Crippen LogP contribution in [0.5, 0.6) is 5.75 Å². The highest BCUT2D eigenvalue weighted by Gasteiger charge is 2.32. The molecule has 7 heteroatoms. The van der Waals surface area contributed by atoms with E-state index in [4.69, 9.17) is 4.74 Å². The maximum absolute atomic E-state index is 12.6. The molecule has 1 aliphatic carbocycles. The summed E-state index contributed by atoms with van der Waals surface area (Å²) in [7, 11) is 3.53. The Hall–Kier alpha value is -2.02. The summed E-state index contributed by atoms with van der Waals surface area (Å²) in [5.41, 5.74) is 1.12. The van der Waals surface area contributed by atoms with E-state index in [0.717, 1.165) is 29.3 Å². The molecule has 1 saturated carbocycles. The molecule has 0 N–H and O–H groups in total. The van der Waals surface area contributed by atoms with Gasteiger partial charge < -0.3 is 14.2 Å². The van der Waals surface area contributed by atoms with Crippen molar-refractivity contribution in [3.63, 3.8) is 0 Å². The normalized spacial score (nSPS) is 13.8. The van der Waals surface area contributed by atoms with Crippen molar-refractivity contribution in [2.75, 3.05) is 12.9 Å². The standard InChI is InChI=1S/C16H20N4O2S/c1-19-11-17-18-16(19)23-10-15(21)20(13-5-6-13)9-12-3-7-14(22-2)8-4-12/h3-4,7-8,11,13H,5-6,9-10H2,1-2H3. The summed E-state index contributed by atoms with van der Waals surface area (Å²) >= 11 is 1.43. The number of carbonyl (C=O) groups excluding carboxylic acids is 1. The van der Waals surface area contributed by atoms with E-state index in [9.17, 15) is 4.79 Å². The van der Waals surface area contributed by atoms with Gasteiger partial charge in [-0.3, -0.25) is 4.79 Å². The van der Waals surface area contributed by atoms with Crippen LogP contribution < -0.4 is 4.74 Å². The Labute approximate surface area is 139 Å². The zero-order valence-electron chi connectivity index (χ0n) is 13.3. The van der Waals surface area contributed by atoms with Gasteiger partial charge in [0.1, 0.15) is 12.1 Å². The fraction of sp³-hybridized carbons (Fsp3) is 0.438. The molecule has 0 radical (unpaired) electrons. The number of thioether (sulfide) groups is 1. The third-order valence-corrected chi connectivity index (χ3v) is 4.83. The third kappa shape index (κ3) is 4.04. The van der Waals surface area contributed by atoms with Gasteiger partial charge in [0.2, 0.25) is 5.91 Å². The summed E-state index contributed by atoms with van der Waals surface area (Å²) < 4.78 is 7.00. The molecule has 0 unspecified atom stereocenters. The quantitative estimate of drug-likeness (QED) is 0.727. The van der Waals surface area contributed by atoms with E-state index in [1.54, 1.807) is 13.4 Å². The predicted octanol–water partition coefficient (Wildman–Crippen LogP) is 2.11. The number of amides is 1. The molecule has 3 rings (SSSR count). The van der Waals surface area contributed by atoms with Crippen LogP contribution in [0.15, 0.2) is 35.7 Å². The fourth-order valence-electron chi connectivity index (χ4n) is 2.35. The van der Waals surface area contributed by atoms with Crippen LogP contribution in [0.4, 0.5) is 0 Å². The molecule has 1 amide bonds. The largest absolute Gasteiger partial charge is 0.497 e. The lowest BCUT2D eigenvalue weighted by molar-refractivity contribution is -0.129. The molecule has 1 aliphatic rings. The van der Waals surface area contributed by atoms with Crippen LogP contribution in [-0.4, -0.2) is 44.5 Å². The summed E-state index contributed by atoms with van der Waals surface area (Å²) in [6, 6.07) is 8.26. The lowest BCUT2D eigenvalue weighted by Gasteiger charge is -2.22. The van der Waals surface area contributed by atoms with Gasteiger partial charge in [0.05, 0.1) is 12.9 Å². The Bertz CT molecular complexity index is 667. The van der Waals surface area contributed by atoms with Crippen molar-refractivity contribution in [3.8, 4) is 5.75 Å². The van der Waals surface area contributed by atoms with Crippen LogP contribution in [0.25, 0.3) is 0 Å². The summed E-state index contributed by atoms with van der Waals surface area (Å²) in [5, 5.41) is 8.60. The first-order valence-corrected chi connectivity index (χ1v) is 8.55. The van der Waals surface area contributed by atoms with Crippen molar-refractivity contribution in [3.05, 3.63) is 36.2 Å². The summed E-state index contributed by atoms with van der Waals surface area (Å²) in [6.45, 7) is 0.646. The number of rotatable bonds is 7. The molecule has 1 aromatic heterocycles. The Morgan fingerprint density at radius 2 is 2.13 bits per heavy atom. The second-order valence-electron chi connectivity index (χ2n) is 5.61. The molecule has 0 bridgehead atoms. The van der Waals surface area contributed by atoms with E-state index in [1.165, 1.54) is 11.8 Å². The number of ether oxygens (including phenoxy) is 1. The summed E-state index contributed by atoms with van der Waals surface area (Å²) in [5.74, 6) is 1.37. The first-order valence-electron chi connectivity index (χ1n) is 7.56. The molecule has 0 aliphatic heterocycles. The Balaban J connectivity index is 1.61. The van der Waals surface area contributed by atoms with Gasteiger partial charge in [-0.2, -0.15) is 0 Å². The number of hydrogen-bond donors (Lipinski definition) is 0. The lowest BCUT2D eigenvalue weighted by atomic mass is 10.2. The second-order valence-corrected chi connectivity index (χ2v) is 6.56. The predicted molar refractivity (Wildman–Crippen MR) is 88.3 cm³/mol. The van der Waals surface area contributed by atoms with Gasteiger partial charge >= 0.3 is 0 Å². The molecule has 6 nitrogen and oxygen atoms in total. The van der Waals surface area contributed by atoms with Crippen molar-refractivity contribution in [1.29, 1.82) is 0 Å². The highest BCUT2D eigenvalue weighted by molar-refractivity contribution is 7.99. The van der Waals surface area contributed by atoms with Crippen molar-refractivity contribution in [2.24, 2.45) is 7.05 Å². The minimum absolute atomic E-state index is 0.149. The van der Waals surface area contributed by atoms with E-state index >= 15 is 0 Å². The van der Waals surface area contributed by atoms with Crippen LogP contribution in [0.3, 0.4) is 0 Å². The van der Waals surface area contributed by atoms with Crippen molar-refractivity contribution < 1.29 is 9.53 Å². The van der Waals surface area contributed by atoms with E-state index < -0.39 is 0 Å². The molecule has 1 fully saturated rings. The van der Waals surface area contributed by atoms with Gasteiger partial charge in [-0.15, -0.1) is 10.2 Å². The molecule has 122 valence electrons. The SMILES string of the molecule is COc1ccc(CN(C(=O)CSc2nncn2C)C2CC2)cc1. The van der Waals surface area contributed by atoms with E-state index in [-0.39, 0.29) is 5.91 Å². The fourth-order valence-corrected chi connectivity index (χ4v) is 3.12. The first-order chi connectivity index (χ1) is 11.2. The number of hydrogen-bond acceptors (Lipinski definition) is 5. The van der Waals surface area contributed by atoms with Crippen LogP contribution in [0.2, 0.25) is 0 Å². The topological polar surface area (TPSA) is 60.2 Å². The molecular formula is C16H20N4O2S. The first kappa shape index (κ1) is 15.9. The molecule has 1 heterocycles. The molecule has 23 heavy (non-hydrogen) atoms. The van der Waals surface area contributed by atoms with Crippen LogP contribution in [0.1, 0.15) is 18.4 Å². The van der Waals surface area contributed by atoms with Crippen LogP contribution in [-0.2, 0) is 18.4 Å². The average Bonchev–Trinajstić information content (AvgIpc) is 3.33. The van der Waals surface area contributed by atoms with Gasteiger partial charge in [0, 0.05) is 19.6 Å². The van der Waals surface area contributed by atoms with Crippen LogP contribution in [0, 0.1) is 0 Å². The molecule has 0 spiro atoms. The lowest BCUT2D eigenvalue weighted by Crippen LogP contribution is -2.34. The van der Waals surface area contributed by atoms with Gasteiger partial charge in [-0.1, -0.05) is 23.9 Å². The number of methoxy groups -OCH3 is 1. The van der Waals surface area contributed by atoms with Gasteiger partial charge in [-0.25, -0.2) is 0 Å². The molecule has 2 aromatic rings. The van der Waals surface area contributed by atoms with E-state index in [0.29, 0.717) is 18.3 Å². The van der Waals surface area contributed by atoms with Gasteiger partial charge in [0.15, 0.2) is 5.16 Å². The second kappa shape index (κ2) is 7.04. The minimum atomic E-state index is 0.149. The number of nitrogens with zero attached hydrogens (tertiary/aromatic N) is 4. The van der Waals surface area contributed by atoms with Crippen molar-refractivity contribution in [1.82, 2.24) is 19.7 Å². The molecular weight excluding hydrogens is 312 g/mol. The summed E-state index contributed by atoms with van der Waals surface area (Å²) in [4.78, 5) is 14.6. The van der Waals surface area contributed by atoms with Crippen molar-refractivity contribution in [2.45, 2.75) is 30.6 Å².